The maximum absolute atomic E-state index is 10.8. The van der Waals surface area contributed by atoms with E-state index in [0.29, 0.717) is 25.5 Å². The normalized spacial score (nSPS) is 10.6. The maximum Gasteiger partial charge on any atom is 0.358 e. The summed E-state index contributed by atoms with van der Waals surface area (Å²) in [6.45, 7) is 3.88. The summed E-state index contributed by atoms with van der Waals surface area (Å²) in [6, 6.07) is 0. The monoisotopic (exact) mass is 228 g/mol. The van der Waals surface area contributed by atoms with Gasteiger partial charge in [0.15, 0.2) is 5.69 Å². The minimum Gasteiger partial charge on any atom is -0.476 e. The van der Waals surface area contributed by atoms with Gasteiger partial charge in [0.05, 0.1) is 5.69 Å². The van der Waals surface area contributed by atoms with Gasteiger partial charge in [-0.3, -0.25) is 0 Å². The van der Waals surface area contributed by atoms with Crippen LogP contribution in [0.1, 0.15) is 29.5 Å². The Kier molecular flexibility index (Phi) is 4.87. The first-order valence-electron chi connectivity index (χ1n) is 5.14. The van der Waals surface area contributed by atoms with E-state index >= 15 is 0 Å². The Morgan fingerprint density at radius 1 is 1.62 bits per heavy atom. The van der Waals surface area contributed by atoms with Gasteiger partial charge in [-0.05, 0) is 13.3 Å². The summed E-state index contributed by atoms with van der Waals surface area (Å²) < 4.78 is 6.69. The first-order chi connectivity index (χ1) is 7.70. The molecule has 0 radical (unpaired) electrons. The highest BCUT2D eigenvalue weighted by Crippen LogP contribution is 2.05. The molecule has 0 aliphatic carbocycles. The van der Waals surface area contributed by atoms with Crippen molar-refractivity contribution in [1.29, 1.82) is 0 Å². The SMILES string of the molecule is CCOCCCn1nnc(C(=O)O)c1CN. The van der Waals surface area contributed by atoms with Gasteiger partial charge in [0.1, 0.15) is 0 Å². The molecule has 90 valence electrons. The van der Waals surface area contributed by atoms with E-state index in [2.05, 4.69) is 10.3 Å². The Balaban J connectivity index is 2.62. The third kappa shape index (κ3) is 3.01. The van der Waals surface area contributed by atoms with Crippen molar-refractivity contribution in [3.8, 4) is 0 Å². The molecular weight excluding hydrogens is 212 g/mol. The van der Waals surface area contributed by atoms with Crippen LogP contribution in [-0.4, -0.2) is 39.3 Å². The van der Waals surface area contributed by atoms with Gasteiger partial charge >= 0.3 is 5.97 Å². The Hall–Kier alpha value is -1.47. The molecule has 0 unspecified atom stereocenters. The maximum atomic E-state index is 10.8. The highest BCUT2D eigenvalue weighted by atomic mass is 16.5. The first kappa shape index (κ1) is 12.6. The van der Waals surface area contributed by atoms with Gasteiger partial charge < -0.3 is 15.6 Å². The van der Waals surface area contributed by atoms with Gasteiger partial charge in [0.2, 0.25) is 0 Å². The number of aryl methyl sites for hydroxylation is 1. The second kappa shape index (κ2) is 6.19. The first-order valence-corrected chi connectivity index (χ1v) is 5.14. The van der Waals surface area contributed by atoms with Gasteiger partial charge in [-0.15, -0.1) is 5.10 Å². The van der Waals surface area contributed by atoms with Crippen LogP contribution in [0.2, 0.25) is 0 Å². The number of hydrogen-bond donors (Lipinski definition) is 2. The van der Waals surface area contributed by atoms with Crippen LogP contribution in [0.4, 0.5) is 0 Å². The Bertz CT molecular complexity index is 351. The quantitative estimate of drug-likeness (QED) is 0.630. The summed E-state index contributed by atoms with van der Waals surface area (Å²) in [6.07, 6.45) is 0.753. The zero-order chi connectivity index (χ0) is 12.0. The summed E-state index contributed by atoms with van der Waals surface area (Å²) in [4.78, 5) is 10.8. The van der Waals surface area contributed by atoms with Gasteiger partial charge in [0, 0.05) is 26.3 Å². The minimum absolute atomic E-state index is 0.0705. The second-order valence-electron chi connectivity index (χ2n) is 3.17. The van der Waals surface area contributed by atoms with Crippen LogP contribution in [-0.2, 0) is 17.8 Å². The van der Waals surface area contributed by atoms with Crippen LogP contribution >= 0.6 is 0 Å². The number of nitrogens with zero attached hydrogens (tertiary/aromatic N) is 3. The van der Waals surface area contributed by atoms with E-state index in [1.807, 2.05) is 6.92 Å². The molecule has 0 saturated heterocycles. The van der Waals surface area contributed by atoms with Gasteiger partial charge in [-0.1, -0.05) is 5.21 Å². The Morgan fingerprint density at radius 3 is 2.94 bits per heavy atom. The van der Waals surface area contributed by atoms with Crippen LogP contribution in [0.3, 0.4) is 0 Å². The fraction of sp³-hybridized carbons (Fsp3) is 0.667. The smallest absolute Gasteiger partial charge is 0.358 e. The van der Waals surface area contributed by atoms with Crippen LogP contribution in [0.5, 0.6) is 0 Å². The fourth-order valence-electron chi connectivity index (χ4n) is 1.34. The number of rotatable bonds is 7. The molecule has 7 nitrogen and oxygen atoms in total. The van der Waals surface area contributed by atoms with Crippen molar-refractivity contribution in [3.63, 3.8) is 0 Å². The molecule has 0 aromatic carbocycles. The van der Waals surface area contributed by atoms with Gasteiger partial charge in [-0.2, -0.15) is 0 Å². The molecule has 3 N–H and O–H groups in total. The lowest BCUT2D eigenvalue weighted by atomic mass is 10.3. The topological polar surface area (TPSA) is 103 Å². The average Bonchev–Trinajstić information content (AvgIpc) is 2.67. The molecule has 0 amide bonds. The van der Waals surface area contributed by atoms with E-state index in [4.69, 9.17) is 15.6 Å². The lowest BCUT2D eigenvalue weighted by Gasteiger charge is -2.04. The summed E-state index contributed by atoms with van der Waals surface area (Å²) in [7, 11) is 0. The van der Waals surface area contributed by atoms with Crippen LogP contribution in [0.15, 0.2) is 0 Å². The van der Waals surface area contributed by atoms with E-state index in [0.717, 1.165) is 6.42 Å². The molecule has 16 heavy (non-hydrogen) atoms. The van der Waals surface area contributed by atoms with Crippen molar-refractivity contribution in [1.82, 2.24) is 15.0 Å². The van der Waals surface area contributed by atoms with Crippen LogP contribution in [0.25, 0.3) is 0 Å². The van der Waals surface area contributed by atoms with Crippen LogP contribution < -0.4 is 5.73 Å². The number of carbonyl (C=O) groups is 1. The second-order valence-corrected chi connectivity index (χ2v) is 3.17. The molecule has 7 heteroatoms. The fourth-order valence-corrected chi connectivity index (χ4v) is 1.34. The molecule has 1 heterocycles. The summed E-state index contributed by atoms with van der Waals surface area (Å²) in [5.41, 5.74) is 5.85. The molecule has 0 aliphatic rings. The van der Waals surface area contributed by atoms with Crippen molar-refractivity contribution < 1.29 is 14.6 Å². The number of nitrogens with two attached hydrogens (primary N) is 1. The molecule has 1 aromatic rings. The lowest BCUT2D eigenvalue weighted by molar-refractivity contribution is 0.0689. The predicted octanol–water partition coefficient (Wildman–Crippen LogP) is -0.138. The zero-order valence-electron chi connectivity index (χ0n) is 9.22. The molecule has 1 rings (SSSR count). The summed E-state index contributed by atoms with van der Waals surface area (Å²) >= 11 is 0. The number of hydrogen-bond acceptors (Lipinski definition) is 5. The van der Waals surface area contributed by atoms with Crippen molar-refractivity contribution in [2.24, 2.45) is 5.73 Å². The average molecular weight is 228 g/mol. The highest BCUT2D eigenvalue weighted by molar-refractivity contribution is 5.86. The Labute approximate surface area is 93.2 Å². The third-order valence-corrected chi connectivity index (χ3v) is 2.10. The number of aromatic carboxylic acids is 1. The number of aromatic nitrogens is 3. The lowest BCUT2D eigenvalue weighted by Crippen LogP contribution is -2.13. The molecule has 1 aromatic heterocycles. The molecular formula is C9H16N4O3. The summed E-state index contributed by atoms with van der Waals surface area (Å²) in [5, 5.41) is 16.2. The van der Waals surface area contributed by atoms with Crippen molar-refractivity contribution in [2.45, 2.75) is 26.4 Å². The van der Waals surface area contributed by atoms with E-state index in [9.17, 15) is 4.79 Å². The standard InChI is InChI=1S/C9H16N4O3/c1-2-16-5-3-4-13-7(6-10)8(9(14)15)11-12-13/h2-6,10H2,1H3,(H,14,15). The summed E-state index contributed by atoms with van der Waals surface area (Å²) in [5.74, 6) is -1.10. The van der Waals surface area contributed by atoms with Crippen molar-refractivity contribution >= 4 is 5.97 Å². The molecule has 0 bridgehead atoms. The predicted molar refractivity (Wildman–Crippen MR) is 56.0 cm³/mol. The largest absolute Gasteiger partial charge is 0.476 e. The minimum atomic E-state index is -1.10. The van der Waals surface area contributed by atoms with Gasteiger partial charge in [0.25, 0.3) is 0 Å². The van der Waals surface area contributed by atoms with Crippen LogP contribution in [0, 0.1) is 0 Å². The number of ether oxygens (including phenoxy) is 1. The van der Waals surface area contributed by atoms with Gasteiger partial charge in [-0.25, -0.2) is 9.48 Å². The zero-order valence-corrected chi connectivity index (χ0v) is 9.22. The van der Waals surface area contributed by atoms with E-state index in [-0.39, 0.29) is 12.2 Å². The van der Waals surface area contributed by atoms with E-state index in [1.54, 1.807) is 0 Å². The third-order valence-electron chi connectivity index (χ3n) is 2.10. The Morgan fingerprint density at radius 2 is 2.38 bits per heavy atom. The molecule has 0 saturated carbocycles. The molecule has 0 fully saturated rings. The molecule has 0 spiro atoms. The number of carboxylic acid groups (broad SMARTS) is 1. The molecule has 0 atom stereocenters. The van der Waals surface area contributed by atoms with Crippen molar-refractivity contribution in [3.05, 3.63) is 11.4 Å². The van der Waals surface area contributed by atoms with E-state index in [1.165, 1.54) is 4.68 Å². The van der Waals surface area contributed by atoms with Crippen molar-refractivity contribution in [2.75, 3.05) is 13.2 Å². The van der Waals surface area contributed by atoms with E-state index < -0.39 is 5.97 Å². The highest BCUT2D eigenvalue weighted by Gasteiger charge is 2.16. The number of carboxylic acids is 1. The molecule has 0 aliphatic heterocycles.